The second kappa shape index (κ2) is 16.3. The van der Waals surface area contributed by atoms with Gasteiger partial charge in [-0.15, -0.1) is 0 Å². The van der Waals surface area contributed by atoms with E-state index in [9.17, 15) is 28.8 Å². The molecule has 3 N–H and O–H groups in total. The van der Waals surface area contributed by atoms with Crippen molar-refractivity contribution in [3.05, 3.63) is 75.2 Å². The van der Waals surface area contributed by atoms with E-state index in [0.717, 1.165) is 68.1 Å². The van der Waals surface area contributed by atoms with E-state index in [0.29, 0.717) is 45.5 Å². The van der Waals surface area contributed by atoms with E-state index in [2.05, 4.69) is 42.6 Å². The van der Waals surface area contributed by atoms with Crippen LogP contribution in [0.1, 0.15) is 53.3 Å². The van der Waals surface area contributed by atoms with Gasteiger partial charge in [-0.25, -0.2) is 4.98 Å². The SMILES string of the molecule is CNC(=O)COc1cc2cc(Nc3nc(N4CCN(C(C)C5CCN(c6ccc7c(c6)C(=O)N(C6CCC(=O)NC6=O)C7=O)CC5)CC4)ncc3Cl)ccc2n(C)c1=O. The number of ether oxygens (including phenoxy) is 1. The van der Waals surface area contributed by atoms with Gasteiger partial charge in [-0.05, 0) is 74.6 Å². The topological polar surface area (TPSA) is 191 Å². The summed E-state index contributed by atoms with van der Waals surface area (Å²) in [5.74, 6) is -0.799. The van der Waals surface area contributed by atoms with E-state index in [1.165, 1.54) is 11.6 Å². The van der Waals surface area contributed by atoms with Crippen molar-refractivity contribution in [2.45, 2.75) is 44.7 Å². The fraction of sp³-hybridized carbons (Fsp3) is 0.415. The van der Waals surface area contributed by atoms with Gasteiger partial charge in [0.1, 0.15) is 11.1 Å². The number of pyridine rings is 1. The largest absolute Gasteiger partial charge is 0.478 e. The summed E-state index contributed by atoms with van der Waals surface area (Å²) in [5.41, 5.74) is 2.49. The number of fused-ring (bicyclic) bond motifs is 2. The van der Waals surface area contributed by atoms with Gasteiger partial charge in [0.25, 0.3) is 23.3 Å². The van der Waals surface area contributed by atoms with Gasteiger partial charge in [0.2, 0.25) is 17.8 Å². The highest BCUT2D eigenvalue weighted by Crippen LogP contribution is 2.34. The van der Waals surface area contributed by atoms with Crippen LogP contribution < -0.4 is 36.0 Å². The molecule has 2 aromatic carbocycles. The number of nitrogens with zero attached hydrogens (tertiary/aromatic N) is 7. The molecular weight excluding hydrogens is 780 g/mol. The fourth-order valence-corrected chi connectivity index (χ4v) is 8.65. The first-order chi connectivity index (χ1) is 28.4. The molecule has 4 aromatic rings. The third-order valence-electron chi connectivity index (χ3n) is 12.0. The molecule has 0 aliphatic carbocycles. The van der Waals surface area contributed by atoms with Crippen molar-refractivity contribution in [3.63, 3.8) is 0 Å². The number of hydrogen-bond donors (Lipinski definition) is 3. The van der Waals surface area contributed by atoms with E-state index in [1.807, 2.05) is 24.3 Å². The second-order valence-electron chi connectivity index (χ2n) is 15.4. The molecule has 0 saturated carbocycles. The number of nitrogens with one attached hydrogen (secondary N) is 3. The number of amides is 5. The number of piperazine rings is 1. The van der Waals surface area contributed by atoms with Gasteiger partial charge in [-0.1, -0.05) is 11.6 Å². The van der Waals surface area contributed by atoms with Crippen LogP contribution in [0.2, 0.25) is 5.02 Å². The summed E-state index contributed by atoms with van der Waals surface area (Å²) >= 11 is 6.57. The number of likely N-dealkylation sites (N-methyl/N-ethyl adjacent to an activating group) is 1. The molecule has 4 aliphatic rings. The molecule has 3 saturated heterocycles. The minimum Gasteiger partial charge on any atom is -0.478 e. The van der Waals surface area contributed by atoms with Crippen LogP contribution in [-0.4, -0.2) is 119 Å². The molecule has 6 heterocycles. The minimum atomic E-state index is -0.988. The van der Waals surface area contributed by atoms with Crippen LogP contribution in [0.3, 0.4) is 0 Å². The van der Waals surface area contributed by atoms with Crippen LogP contribution in [0.4, 0.5) is 23.1 Å². The minimum absolute atomic E-state index is 0.0678. The molecule has 5 amide bonds. The number of carbonyl (C=O) groups excluding carboxylic acids is 5. The molecule has 2 aromatic heterocycles. The molecule has 18 heteroatoms. The number of aryl methyl sites for hydroxylation is 1. The quantitative estimate of drug-likeness (QED) is 0.198. The van der Waals surface area contributed by atoms with Gasteiger partial charge in [0, 0.05) is 82.6 Å². The number of piperidine rings is 2. The number of imide groups is 2. The van der Waals surface area contributed by atoms with Crippen molar-refractivity contribution >= 4 is 75.2 Å². The maximum absolute atomic E-state index is 13.4. The standard InChI is InChI=1S/C41H45ClN10O7/c1-23(24-10-12-50(13-11-24)27-5-6-28-29(20-27)39(57)52(38(28)56)32-8-9-34(53)46-37(32)55)49-14-16-51(17-15-49)41-44-21-30(42)36(47-41)45-26-4-7-31-25(18-26)19-33(40(58)48(31)3)59-22-35(54)43-2/h4-7,18-21,23-24,32H,8-17,22H2,1-3H3,(H,43,54)(H,44,45,47)(H,46,53,55). The molecule has 59 heavy (non-hydrogen) atoms. The predicted molar refractivity (Wildman–Crippen MR) is 220 cm³/mol. The first-order valence-electron chi connectivity index (χ1n) is 19.8. The smallest absolute Gasteiger partial charge is 0.293 e. The number of hydrogen-bond acceptors (Lipinski definition) is 13. The highest BCUT2D eigenvalue weighted by atomic mass is 35.5. The Balaban J connectivity index is 0.859. The highest BCUT2D eigenvalue weighted by molar-refractivity contribution is 6.33. The van der Waals surface area contributed by atoms with Crippen molar-refractivity contribution in [1.29, 1.82) is 0 Å². The zero-order valence-corrected chi connectivity index (χ0v) is 33.8. The number of aromatic nitrogens is 3. The summed E-state index contributed by atoms with van der Waals surface area (Å²) in [6.45, 7) is 6.80. The lowest BCUT2D eigenvalue weighted by Gasteiger charge is -2.43. The van der Waals surface area contributed by atoms with Gasteiger partial charge in [-0.3, -0.25) is 43.9 Å². The van der Waals surface area contributed by atoms with Crippen molar-refractivity contribution in [2.24, 2.45) is 13.0 Å². The normalized spacial score (nSPS) is 19.5. The Morgan fingerprint density at radius 3 is 2.41 bits per heavy atom. The van der Waals surface area contributed by atoms with E-state index in [4.69, 9.17) is 21.3 Å². The molecule has 0 spiro atoms. The summed E-state index contributed by atoms with van der Waals surface area (Å²) in [5, 5.41) is 9.10. The number of rotatable bonds is 10. The molecule has 0 bridgehead atoms. The van der Waals surface area contributed by atoms with Crippen molar-refractivity contribution in [3.8, 4) is 5.75 Å². The van der Waals surface area contributed by atoms with Crippen LogP contribution in [0.25, 0.3) is 10.9 Å². The first kappa shape index (κ1) is 39.7. The zero-order valence-electron chi connectivity index (χ0n) is 33.0. The highest BCUT2D eigenvalue weighted by Gasteiger charge is 2.45. The van der Waals surface area contributed by atoms with E-state index < -0.39 is 29.7 Å². The second-order valence-corrected chi connectivity index (χ2v) is 15.8. The van der Waals surface area contributed by atoms with E-state index in [1.54, 1.807) is 31.4 Å². The molecule has 308 valence electrons. The molecule has 0 radical (unpaired) electrons. The molecule has 17 nitrogen and oxygen atoms in total. The van der Waals surface area contributed by atoms with Gasteiger partial charge in [0.15, 0.2) is 18.2 Å². The van der Waals surface area contributed by atoms with Crippen LogP contribution in [0.5, 0.6) is 5.75 Å². The average molecular weight is 825 g/mol. The molecule has 8 rings (SSSR count). The van der Waals surface area contributed by atoms with E-state index in [-0.39, 0.29) is 42.2 Å². The summed E-state index contributed by atoms with van der Waals surface area (Å²) in [6, 6.07) is 11.8. The Morgan fingerprint density at radius 2 is 1.68 bits per heavy atom. The molecule has 3 fully saturated rings. The van der Waals surface area contributed by atoms with Crippen LogP contribution in [0, 0.1) is 5.92 Å². The lowest BCUT2D eigenvalue weighted by molar-refractivity contribution is -0.136. The number of benzene rings is 2. The van der Waals surface area contributed by atoms with Crippen molar-refractivity contribution in [2.75, 3.05) is 68.0 Å². The van der Waals surface area contributed by atoms with Gasteiger partial charge in [-0.2, -0.15) is 4.98 Å². The van der Waals surface area contributed by atoms with Crippen LogP contribution >= 0.6 is 11.6 Å². The number of carbonyl (C=O) groups is 5. The Hall–Kier alpha value is -6.07. The summed E-state index contributed by atoms with van der Waals surface area (Å²) in [4.78, 5) is 92.4. The van der Waals surface area contributed by atoms with Gasteiger partial charge >= 0.3 is 0 Å². The Morgan fingerprint density at radius 1 is 0.932 bits per heavy atom. The molecule has 4 aliphatic heterocycles. The van der Waals surface area contributed by atoms with Crippen molar-refractivity contribution < 1.29 is 28.7 Å². The Kier molecular flexibility index (Phi) is 11.0. The first-order valence-corrected chi connectivity index (χ1v) is 20.1. The van der Waals surface area contributed by atoms with Crippen LogP contribution in [-0.2, 0) is 21.4 Å². The Labute approximate surface area is 344 Å². The van der Waals surface area contributed by atoms with Crippen molar-refractivity contribution in [1.82, 2.24) is 35.0 Å². The summed E-state index contributed by atoms with van der Waals surface area (Å²) < 4.78 is 6.98. The summed E-state index contributed by atoms with van der Waals surface area (Å²) in [6.07, 6.45) is 3.74. The monoisotopic (exact) mass is 824 g/mol. The lowest BCUT2D eigenvalue weighted by Crippen LogP contribution is -2.54. The third-order valence-corrected chi connectivity index (χ3v) is 12.3. The van der Waals surface area contributed by atoms with Gasteiger partial charge < -0.3 is 29.7 Å². The maximum atomic E-state index is 13.4. The lowest BCUT2D eigenvalue weighted by atomic mass is 9.88. The number of anilines is 4. The zero-order chi connectivity index (χ0) is 41.5. The fourth-order valence-electron chi connectivity index (χ4n) is 8.51. The molecular formula is C41H45ClN10O7. The predicted octanol–water partition coefficient (Wildman–Crippen LogP) is 2.68. The number of halogens is 1. The van der Waals surface area contributed by atoms with Crippen LogP contribution in [0.15, 0.2) is 53.5 Å². The average Bonchev–Trinajstić information content (AvgIpc) is 3.49. The van der Waals surface area contributed by atoms with E-state index >= 15 is 0 Å². The Bertz CT molecular complexity index is 2430. The summed E-state index contributed by atoms with van der Waals surface area (Å²) in [7, 11) is 3.15. The molecule has 2 unspecified atom stereocenters. The van der Waals surface area contributed by atoms with Gasteiger partial charge in [0.05, 0.1) is 22.8 Å². The molecule has 2 atom stereocenters. The maximum Gasteiger partial charge on any atom is 0.293 e. The third kappa shape index (κ3) is 7.79.